The Morgan fingerprint density at radius 1 is 0.944 bits per heavy atom. The summed E-state index contributed by atoms with van der Waals surface area (Å²) in [6, 6.07) is 8.93. The van der Waals surface area contributed by atoms with Crippen LogP contribution < -0.4 is 0 Å². The normalized spacial score (nSPS) is 15.4. The van der Waals surface area contributed by atoms with Crippen molar-refractivity contribution in [1.29, 1.82) is 0 Å². The summed E-state index contributed by atoms with van der Waals surface area (Å²) in [5.74, 6) is 0.693. The highest BCUT2D eigenvalue weighted by molar-refractivity contribution is 5.68. The lowest BCUT2D eigenvalue weighted by Gasteiger charge is -2.32. The number of ether oxygens (including phenoxy) is 1. The topological polar surface area (TPSA) is 98.9 Å². The summed E-state index contributed by atoms with van der Waals surface area (Å²) in [6.07, 6.45) is -15.0. The van der Waals surface area contributed by atoms with Gasteiger partial charge >= 0.3 is 18.4 Å². The van der Waals surface area contributed by atoms with Crippen molar-refractivity contribution >= 4 is 6.09 Å². The quantitative estimate of drug-likeness (QED) is 0.480. The number of benzene rings is 1. The second kappa shape index (κ2) is 9.70. The van der Waals surface area contributed by atoms with Crippen LogP contribution in [-0.2, 0) is 4.74 Å². The van der Waals surface area contributed by atoms with Crippen molar-refractivity contribution in [1.82, 2.24) is 35.1 Å². The summed E-state index contributed by atoms with van der Waals surface area (Å²) in [7, 11) is 0. The van der Waals surface area contributed by atoms with Gasteiger partial charge in [-0.05, 0) is 50.1 Å². The molecule has 0 N–H and O–H groups in total. The van der Waals surface area contributed by atoms with E-state index in [1.165, 1.54) is 0 Å². The average Bonchev–Trinajstić information content (AvgIpc) is 3.32. The van der Waals surface area contributed by atoms with Gasteiger partial charge < -0.3 is 9.64 Å². The van der Waals surface area contributed by atoms with E-state index in [1.54, 1.807) is 48.1 Å². The zero-order valence-corrected chi connectivity index (χ0v) is 18.7. The fourth-order valence-electron chi connectivity index (χ4n) is 3.71. The van der Waals surface area contributed by atoms with Gasteiger partial charge in [0, 0.05) is 30.8 Å². The Balaban J connectivity index is 1.36. The molecule has 192 valence electrons. The maximum Gasteiger partial charge on any atom is 0.434 e. The van der Waals surface area contributed by atoms with Gasteiger partial charge in [0.05, 0.1) is 11.4 Å². The molecule has 0 aliphatic carbocycles. The Morgan fingerprint density at radius 2 is 1.53 bits per heavy atom. The van der Waals surface area contributed by atoms with Crippen LogP contribution in [0.1, 0.15) is 30.3 Å². The van der Waals surface area contributed by atoms with Gasteiger partial charge in [-0.3, -0.25) is 0 Å². The molecule has 0 unspecified atom stereocenters. The van der Waals surface area contributed by atoms with Crippen LogP contribution in [0.15, 0.2) is 36.5 Å². The maximum atomic E-state index is 12.7. The molecular weight excluding hydrogens is 496 g/mol. The van der Waals surface area contributed by atoms with E-state index in [2.05, 4.69) is 30.2 Å². The van der Waals surface area contributed by atoms with Crippen LogP contribution >= 0.6 is 0 Å². The SMILES string of the molecule is Cc1nnc(-c2ccc(-n3ccc(C4CCN(C(=O)OC(C(F)(F)F)C(F)(F)F)CC4)n3)cc2)nn1. The van der Waals surface area contributed by atoms with Gasteiger partial charge in [0.25, 0.3) is 6.10 Å². The highest BCUT2D eigenvalue weighted by atomic mass is 19.4. The molecule has 0 bridgehead atoms. The average molecular weight is 515 g/mol. The number of halogens is 6. The van der Waals surface area contributed by atoms with Crippen LogP contribution in [0.4, 0.5) is 31.1 Å². The van der Waals surface area contributed by atoms with E-state index in [9.17, 15) is 31.1 Å². The molecule has 1 aliphatic rings. The third-order valence-corrected chi connectivity index (χ3v) is 5.56. The van der Waals surface area contributed by atoms with Crippen LogP contribution in [-0.4, -0.2) is 72.7 Å². The Hall–Kier alpha value is -3.78. The van der Waals surface area contributed by atoms with Gasteiger partial charge in [-0.25, -0.2) is 9.48 Å². The second-order valence-corrected chi connectivity index (χ2v) is 8.11. The first-order valence-corrected chi connectivity index (χ1v) is 10.7. The molecule has 4 rings (SSSR count). The number of amides is 1. The lowest BCUT2D eigenvalue weighted by molar-refractivity contribution is -0.308. The van der Waals surface area contributed by atoms with Crippen molar-refractivity contribution in [2.75, 3.05) is 13.1 Å². The van der Waals surface area contributed by atoms with Crippen molar-refractivity contribution < 1.29 is 35.9 Å². The molecule has 36 heavy (non-hydrogen) atoms. The van der Waals surface area contributed by atoms with Gasteiger partial charge in [0.1, 0.15) is 0 Å². The number of hydrogen-bond donors (Lipinski definition) is 0. The number of nitrogens with zero attached hydrogens (tertiary/aromatic N) is 7. The summed E-state index contributed by atoms with van der Waals surface area (Å²) in [5, 5.41) is 20.2. The minimum atomic E-state index is -5.75. The summed E-state index contributed by atoms with van der Waals surface area (Å²) in [4.78, 5) is 12.8. The Bertz CT molecular complexity index is 1170. The molecule has 1 amide bonds. The fourth-order valence-corrected chi connectivity index (χ4v) is 3.71. The van der Waals surface area contributed by atoms with Gasteiger partial charge in [-0.2, -0.15) is 31.4 Å². The molecule has 15 heteroatoms. The minimum absolute atomic E-state index is 0.0634. The first kappa shape index (κ1) is 25.3. The van der Waals surface area contributed by atoms with Gasteiger partial charge in [-0.15, -0.1) is 20.4 Å². The van der Waals surface area contributed by atoms with E-state index in [1.807, 2.05) is 0 Å². The summed E-state index contributed by atoms with van der Waals surface area (Å²) in [5.41, 5.74) is 2.14. The molecule has 2 aromatic heterocycles. The minimum Gasteiger partial charge on any atom is -0.426 e. The van der Waals surface area contributed by atoms with Crippen molar-refractivity contribution in [2.45, 2.75) is 44.1 Å². The molecule has 0 spiro atoms. The number of alkyl halides is 6. The molecule has 9 nitrogen and oxygen atoms in total. The van der Waals surface area contributed by atoms with Crippen molar-refractivity contribution in [2.24, 2.45) is 0 Å². The first-order valence-electron chi connectivity index (χ1n) is 10.7. The number of aryl methyl sites for hydroxylation is 1. The third-order valence-electron chi connectivity index (χ3n) is 5.56. The van der Waals surface area contributed by atoms with Crippen LogP contribution in [0.3, 0.4) is 0 Å². The van der Waals surface area contributed by atoms with Crippen LogP contribution in [0.25, 0.3) is 17.1 Å². The smallest absolute Gasteiger partial charge is 0.426 e. The number of carbonyl (C=O) groups excluding carboxylic acids is 1. The highest BCUT2D eigenvalue weighted by Gasteiger charge is 2.60. The van der Waals surface area contributed by atoms with Crippen LogP contribution in [0.2, 0.25) is 0 Å². The van der Waals surface area contributed by atoms with Crippen molar-refractivity contribution in [3.8, 4) is 17.1 Å². The number of hydrogen-bond acceptors (Lipinski definition) is 7. The number of rotatable bonds is 4. The van der Waals surface area contributed by atoms with E-state index in [0.29, 0.717) is 35.7 Å². The Morgan fingerprint density at radius 3 is 2.08 bits per heavy atom. The van der Waals surface area contributed by atoms with Crippen LogP contribution in [0.5, 0.6) is 0 Å². The predicted octanol–water partition coefficient (Wildman–Crippen LogP) is 4.24. The fraction of sp³-hybridized carbons (Fsp3) is 0.429. The summed E-state index contributed by atoms with van der Waals surface area (Å²) >= 11 is 0. The van der Waals surface area contributed by atoms with E-state index >= 15 is 0 Å². The van der Waals surface area contributed by atoms with Gasteiger partial charge in [0.15, 0.2) is 5.82 Å². The van der Waals surface area contributed by atoms with E-state index in [0.717, 1.165) is 10.6 Å². The van der Waals surface area contributed by atoms with E-state index in [-0.39, 0.29) is 19.0 Å². The Kier molecular flexibility index (Phi) is 6.82. The number of carbonyl (C=O) groups is 1. The molecule has 1 fully saturated rings. The van der Waals surface area contributed by atoms with Crippen molar-refractivity contribution in [3.05, 3.63) is 48.0 Å². The van der Waals surface area contributed by atoms with Gasteiger partial charge in [0.2, 0.25) is 5.82 Å². The summed E-state index contributed by atoms with van der Waals surface area (Å²) in [6.45, 7) is 1.55. The molecular formula is C21H19F6N7O2. The monoisotopic (exact) mass is 515 g/mol. The lowest BCUT2D eigenvalue weighted by atomic mass is 9.94. The molecule has 0 radical (unpaired) electrons. The summed E-state index contributed by atoms with van der Waals surface area (Å²) < 4.78 is 81.3. The van der Waals surface area contributed by atoms with Crippen LogP contribution in [0, 0.1) is 6.92 Å². The van der Waals surface area contributed by atoms with E-state index in [4.69, 9.17) is 0 Å². The standard InChI is InChI=1S/C21H19F6N7O2/c1-12-28-30-17(31-29-12)14-2-4-15(5-3-14)34-11-8-16(32-34)13-6-9-33(10-7-13)19(35)36-18(20(22,23)24)21(25,26)27/h2-5,8,11,13,18H,6-7,9-10H2,1H3. The largest absolute Gasteiger partial charge is 0.434 e. The molecule has 3 aromatic rings. The zero-order chi connectivity index (χ0) is 26.1. The first-order chi connectivity index (χ1) is 16.9. The molecule has 1 aromatic carbocycles. The predicted molar refractivity (Wildman–Crippen MR) is 111 cm³/mol. The Labute approximate surface area is 200 Å². The van der Waals surface area contributed by atoms with Gasteiger partial charge in [-0.1, -0.05) is 0 Å². The molecule has 0 saturated carbocycles. The lowest BCUT2D eigenvalue weighted by Crippen LogP contribution is -2.49. The molecule has 3 heterocycles. The molecule has 1 aliphatic heterocycles. The zero-order valence-electron chi connectivity index (χ0n) is 18.7. The molecule has 0 atom stereocenters. The van der Waals surface area contributed by atoms with E-state index < -0.39 is 24.5 Å². The third kappa shape index (κ3) is 5.71. The van der Waals surface area contributed by atoms with Crippen molar-refractivity contribution in [3.63, 3.8) is 0 Å². The number of likely N-dealkylation sites (tertiary alicyclic amines) is 1. The number of aromatic nitrogens is 6. The maximum absolute atomic E-state index is 12.7. The molecule has 1 saturated heterocycles. The second-order valence-electron chi connectivity index (χ2n) is 8.11. The highest BCUT2D eigenvalue weighted by Crippen LogP contribution is 2.36. The number of piperidine rings is 1.